The number of piperidine rings is 1. The van der Waals surface area contributed by atoms with Crippen LogP contribution in [-0.4, -0.2) is 48.0 Å². The van der Waals surface area contributed by atoms with Gasteiger partial charge in [-0.3, -0.25) is 4.79 Å². The molecule has 2 rings (SSSR count). The predicted molar refractivity (Wildman–Crippen MR) is 102 cm³/mol. The number of carbonyl (C=O) groups is 1. The van der Waals surface area contributed by atoms with Crippen molar-refractivity contribution in [2.45, 2.75) is 50.8 Å². The largest absolute Gasteiger partial charge is 0.378 e. The molecule has 1 unspecified atom stereocenters. The molecule has 1 aromatic rings. The average Bonchev–Trinajstić information content (AvgIpc) is 2.52. The summed E-state index contributed by atoms with van der Waals surface area (Å²) in [5.41, 5.74) is 1.89. The minimum absolute atomic E-state index is 0.188. The van der Waals surface area contributed by atoms with Gasteiger partial charge in [0.2, 0.25) is 0 Å². The molecule has 0 bridgehead atoms. The van der Waals surface area contributed by atoms with E-state index in [9.17, 15) is 4.79 Å². The summed E-state index contributed by atoms with van der Waals surface area (Å²) in [6.45, 7) is 7.62. The fourth-order valence-electron chi connectivity index (χ4n) is 2.87. The van der Waals surface area contributed by atoms with Crippen LogP contribution in [0.1, 0.15) is 50.4 Å². The van der Waals surface area contributed by atoms with E-state index in [1.807, 2.05) is 55.0 Å². The molecule has 1 saturated heterocycles. The van der Waals surface area contributed by atoms with Crippen molar-refractivity contribution >= 4 is 23.4 Å². The molecule has 1 heterocycles. The lowest BCUT2D eigenvalue weighted by Gasteiger charge is -2.37. The molecule has 1 aromatic carbocycles. The van der Waals surface area contributed by atoms with Gasteiger partial charge >= 0.3 is 0 Å². The van der Waals surface area contributed by atoms with E-state index in [4.69, 9.17) is 0 Å². The van der Waals surface area contributed by atoms with E-state index < -0.39 is 0 Å². The minimum atomic E-state index is 0.188. The van der Waals surface area contributed by atoms with Crippen molar-refractivity contribution in [2.24, 2.45) is 0 Å². The molecular weight excluding hydrogens is 304 g/mol. The van der Waals surface area contributed by atoms with E-state index in [-0.39, 0.29) is 10.7 Å². The summed E-state index contributed by atoms with van der Waals surface area (Å²) in [4.78, 5) is 17.2. The van der Waals surface area contributed by atoms with Crippen molar-refractivity contribution in [3.05, 3.63) is 29.8 Å². The Bertz CT molecular complexity index is 536. The van der Waals surface area contributed by atoms with Crippen LogP contribution in [0, 0.1) is 0 Å². The van der Waals surface area contributed by atoms with Gasteiger partial charge in [-0.1, -0.05) is 26.8 Å². The van der Waals surface area contributed by atoms with Crippen LogP contribution in [0.5, 0.6) is 0 Å². The van der Waals surface area contributed by atoms with Crippen LogP contribution in [0.15, 0.2) is 24.3 Å². The zero-order valence-electron chi connectivity index (χ0n) is 15.1. The van der Waals surface area contributed by atoms with Crippen LogP contribution < -0.4 is 4.90 Å². The van der Waals surface area contributed by atoms with E-state index >= 15 is 0 Å². The van der Waals surface area contributed by atoms with E-state index in [2.05, 4.69) is 25.7 Å². The number of likely N-dealkylation sites (tertiary alicyclic amines) is 1. The number of carbonyl (C=O) groups excluding carboxylic acids is 1. The first-order valence-corrected chi connectivity index (χ1v) is 9.49. The Hall–Kier alpha value is -1.16. The molecule has 23 heavy (non-hydrogen) atoms. The standard InChI is InChI=1S/C19H30N2OS/c1-19(2,3)23-14-17-10-6-7-12-21(17)18(22)15-9-8-11-16(13-15)20(4)5/h8-9,11,13,17H,6-7,10,12,14H2,1-5H3. The van der Waals surface area contributed by atoms with Gasteiger partial charge in [-0.15, -0.1) is 0 Å². The Labute approximate surface area is 145 Å². The van der Waals surface area contributed by atoms with Crippen molar-refractivity contribution in [3.8, 4) is 0 Å². The lowest BCUT2D eigenvalue weighted by Crippen LogP contribution is -2.45. The van der Waals surface area contributed by atoms with Crippen molar-refractivity contribution in [1.82, 2.24) is 4.90 Å². The minimum Gasteiger partial charge on any atom is -0.378 e. The molecule has 0 radical (unpaired) electrons. The van der Waals surface area contributed by atoms with Gasteiger partial charge in [-0.25, -0.2) is 0 Å². The summed E-state index contributed by atoms with van der Waals surface area (Å²) in [5, 5.41) is 0. The van der Waals surface area contributed by atoms with E-state index in [0.29, 0.717) is 6.04 Å². The van der Waals surface area contributed by atoms with Crippen LogP contribution >= 0.6 is 11.8 Å². The third-order valence-corrected chi connectivity index (χ3v) is 5.62. The Morgan fingerprint density at radius 2 is 2.04 bits per heavy atom. The van der Waals surface area contributed by atoms with Gasteiger partial charge in [0.15, 0.2) is 0 Å². The number of anilines is 1. The molecule has 0 aromatic heterocycles. The molecular formula is C19H30N2OS. The molecule has 0 saturated carbocycles. The first-order chi connectivity index (χ1) is 10.8. The molecule has 1 fully saturated rings. The molecule has 1 aliphatic rings. The van der Waals surface area contributed by atoms with Crippen molar-refractivity contribution in [1.29, 1.82) is 0 Å². The summed E-state index contributed by atoms with van der Waals surface area (Å²) < 4.78 is 0.247. The molecule has 0 N–H and O–H groups in total. The molecule has 3 nitrogen and oxygen atoms in total. The number of hydrogen-bond acceptors (Lipinski definition) is 3. The van der Waals surface area contributed by atoms with Crippen LogP contribution in [-0.2, 0) is 0 Å². The summed E-state index contributed by atoms with van der Waals surface area (Å²) in [7, 11) is 4.01. The van der Waals surface area contributed by atoms with Crippen LogP contribution in [0.4, 0.5) is 5.69 Å². The lowest BCUT2D eigenvalue weighted by atomic mass is 10.0. The van der Waals surface area contributed by atoms with E-state index in [0.717, 1.165) is 36.4 Å². The Morgan fingerprint density at radius 1 is 1.30 bits per heavy atom. The first kappa shape index (κ1) is 18.2. The van der Waals surface area contributed by atoms with E-state index in [1.165, 1.54) is 6.42 Å². The van der Waals surface area contributed by atoms with Gasteiger partial charge < -0.3 is 9.80 Å². The highest BCUT2D eigenvalue weighted by atomic mass is 32.2. The van der Waals surface area contributed by atoms with Gasteiger partial charge in [0, 0.05) is 48.4 Å². The Balaban J connectivity index is 2.13. The molecule has 1 atom stereocenters. The quantitative estimate of drug-likeness (QED) is 0.821. The molecule has 128 valence electrons. The Kier molecular flexibility index (Phi) is 6.01. The third-order valence-electron chi connectivity index (χ3n) is 4.21. The summed E-state index contributed by atoms with van der Waals surface area (Å²) >= 11 is 1.96. The van der Waals surface area contributed by atoms with Gasteiger partial charge in [0.1, 0.15) is 0 Å². The number of hydrogen-bond donors (Lipinski definition) is 0. The van der Waals surface area contributed by atoms with Gasteiger partial charge in [-0.05, 0) is 37.5 Å². The van der Waals surface area contributed by atoms with Gasteiger partial charge in [0.25, 0.3) is 5.91 Å². The monoisotopic (exact) mass is 334 g/mol. The first-order valence-electron chi connectivity index (χ1n) is 8.50. The van der Waals surface area contributed by atoms with Crippen LogP contribution in [0.25, 0.3) is 0 Å². The molecule has 0 aliphatic carbocycles. The molecule has 4 heteroatoms. The highest BCUT2D eigenvalue weighted by molar-refractivity contribution is 8.00. The second kappa shape index (κ2) is 7.61. The molecule has 1 amide bonds. The fourth-order valence-corrected chi connectivity index (χ4v) is 3.91. The zero-order valence-corrected chi connectivity index (χ0v) is 15.9. The topological polar surface area (TPSA) is 23.6 Å². The SMILES string of the molecule is CN(C)c1cccc(C(=O)N2CCCCC2CSC(C)(C)C)c1. The zero-order chi connectivity index (χ0) is 17.0. The third kappa shape index (κ3) is 5.17. The highest BCUT2D eigenvalue weighted by Gasteiger charge is 2.28. The number of rotatable bonds is 4. The summed E-state index contributed by atoms with van der Waals surface area (Å²) in [6.07, 6.45) is 3.48. The van der Waals surface area contributed by atoms with Crippen LogP contribution in [0.2, 0.25) is 0 Å². The van der Waals surface area contributed by atoms with Crippen LogP contribution in [0.3, 0.4) is 0 Å². The maximum atomic E-state index is 13.0. The number of amides is 1. The fraction of sp³-hybridized carbons (Fsp3) is 0.632. The predicted octanol–water partition coefficient (Wildman–Crippen LogP) is 4.28. The maximum absolute atomic E-state index is 13.0. The van der Waals surface area contributed by atoms with Gasteiger partial charge in [-0.2, -0.15) is 11.8 Å². The molecule has 1 aliphatic heterocycles. The number of thioether (sulfide) groups is 1. The number of nitrogens with zero attached hydrogens (tertiary/aromatic N) is 2. The lowest BCUT2D eigenvalue weighted by molar-refractivity contribution is 0.0640. The Morgan fingerprint density at radius 3 is 2.70 bits per heavy atom. The van der Waals surface area contributed by atoms with Crippen molar-refractivity contribution in [2.75, 3.05) is 31.3 Å². The summed E-state index contributed by atoms with van der Waals surface area (Å²) in [6, 6.07) is 8.33. The summed E-state index contributed by atoms with van der Waals surface area (Å²) in [5.74, 6) is 1.22. The molecule has 0 spiro atoms. The van der Waals surface area contributed by atoms with Crippen molar-refractivity contribution in [3.63, 3.8) is 0 Å². The highest BCUT2D eigenvalue weighted by Crippen LogP contribution is 2.29. The van der Waals surface area contributed by atoms with Gasteiger partial charge in [0.05, 0.1) is 0 Å². The number of benzene rings is 1. The maximum Gasteiger partial charge on any atom is 0.254 e. The second-order valence-electron chi connectivity index (χ2n) is 7.52. The van der Waals surface area contributed by atoms with E-state index in [1.54, 1.807) is 0 Å². The normalized spacial score (nSPS) is 18.8. The second-order valence-corrected chi connectivity index (χ2v) is 9.36. The van der Waals surface area contributed by atoms with Crippen molar-refractivity contribution < 1.29 is 4.79 Å². The average molecular weight is 335 g/mol. The smallest absolute Gasteiger partial charge is 0.254 e.